The van der Waals surface area contributed by atoms with Crippen LogP contribution in [0.15, 0.2) is 12.2 Å². The molecular weight excluding hydrogens is 144 g/mol. The van der Waals surface area contributed by atoms with E-state index in [0.29, 0.717) is 0 Å². The Morgan fingerprint density at radius 3 is 1.92 bits per heavy atom. The van der Waals surface area contributed by atoms with Crippen LogP contribution in [0.4, 0.5) is 0 Å². The molecule has 74 valence electrons. The molecule has 0 N–H and O–H groups in total. The minimum Gasteiger partial charge on any atom is -0.0914 e. The number of rotatable bonds is 4. The van der Waals surface area contributed by atoms with Gasteiger partial charge < -0.3 is 0 Å². The van der Waals surface area contributed by atoms with Crippen molar-refractivity contribution in [3.05, 3.63) is 12.2 Å². The summed E-state index contributed by atoms with van der Waals surface area (Å²) in [6, 6.07) is 0. The molecule has 0 saturated heterocycles. The van der Waals surface area contributed by atoms with Crippen LogP contribution >= 0.6 is 0 Å². The van der Waals surface area contributed by atoms with Crippen molar-refractivity contribution in [2.45, 2.75) is 54.4 Å². The van der Waals surface area contributed by atoms with Gasteiger partial charge in [-0.05, 0) is 25.2 Å². The first-order valence-electron chi connectivity index (χ1n) is 5.35. The van der Waals surface area contributed by atoms with Crippen molar-refractivity contribution >= 4 is 0 Å². The van der Waals surface area contributed by atoms with Gasteiger partial charge in [0.25, 0.3) is 0 Å². The Balaban J connectivity index is 0. The summed E-state index contributed by atoms with van der Waals surface area (Å²) in [5.74, 6) is 1.60. The first-order valence-corrected chi connectivity index (χ1v) is 5.35. The maximum absolute atomic E-state index is 2.33. The quantitative estimate of drug-likeness (QED) is 0.538. The topological polar surface area (TPSA) is 0 Å². The third kappa shape index (κ3) is 7.84. The molecule has 0 spiro atoms. The molecule has 1 atom stereocenters. The van der Waals surface area contributed by atoms with E-state index in [4.69, 9.17) is 0 Å². The Bertz CT molecular complexity index is 90.2. The van der Waals surface area contributed by atoms with Crippen LogP contribution in [0.25, 0.3) is 0 Å². The van der Waals surface area contributed by atoms with E-state index in [9.17, 15) is 0 Å². The first kappa shape index (κ1) is 14.3. The molecule has 0 rings (SSSR count). The molecule has 0 aliphatic heterocycles. The summed E-state index contributed by atoms with van der Waals surface area (Å²) in [6.45, 7) is 12.9. The van der Waals surface area contributed by atoms with Crippen molar-refractivity contribution in [3.63, 3.8) is 0 Å². The Morgan fingerprint density at radius 1 is 1.17 bits per heavy atom. The number of hydrogen-bond donors (Lipinski definition) is 0. The molecule has 0 radical (unpaired) electrons. The summed E-state index contributed by atoms with van der Waals surface area (Å²) in [4.78, 5) is 0. The fourth-order valence-electron chi connectivity index (χ4n) is 1.23. The third-order valence-electron chi connectivity index (χ3n) is 1.92. The lowest BCUT2D eigenvalue weighted by Gasteiger charge is -2.14. The molecule has 0 aliphatic carbocycles. The molecule has 1 unspecified atom stereocenters. The van der Waals surface area contributed by atoms with Crippen LogP contribution in [0.5, 0.6) is 0 Å². The average Bonchev–Trinajstić information content (AvgIpc) is 2.08. The Morgan fingerprint density at radius 2 is 1.67 bits per heavy atom. The van der Waals surface area contributed by atoms with Crippen LogP contribution in [0.3, 0.4) is 0 Å². The summed E-state index contributed by atoms with van der Waals surface area (Å²) >= 11 is 0. The highest BCUT2D eigenvalue weighted by Crippen LogP contribution is 2.17. The van der Waals surface area contributed by atoms with E-state index in [1.807, 2.05) is 13.8 Å². The van der Waals surface area contributed by atoms with E-state index in [2.05, 4.69) is 39.8 Å². The van der Waals surface area contributed by atoms with Crippen LogP contribution < -0.4 is 0 Å². The van der Waals surface area contributed by atoms with Gasteiger partial charge in [0.05, 0.1) is 0 Å². The fraction of sp³-hybridized carbons (Fsp3) is 0.833. The third-order valence-corrected chi connectivity index (χ3v) is 1.92. The second-order valence-corrected chi connectivity index (χ2v) is 3.22. The predicted molar refractivity (Wildman–Crippen MR) is 59.4 cm³/mol. The average molecular weight is 170 g/mol. The largest absolute Gasteiger partial charge is 0.0914 e. The highest BCUT2D eigenvalue weighted by Gasteiger charge is 2.06. The predicted octanol–water partition coefficient (Wildman–Crippen LogP) is 4.66. The molecule has 0 nitrogen and oxygen atoms in total. The summed E-state index contributed by atoms with van der Waals surface area (Å²) in [5.41, 5.74) is 0. The van der Waals surface area contributed by atoms with Crippen LogP contribution in [0.2, 0.25) is 0 Å². The van der Waals surface area contributed by atoms with E-state index in [-0.39, 0.29) is 0 Å². The summed E-state index contributed by atoms with van der Waals surface area (Å²) in [5, 5.41) is 0. The van der Waals surface area contributed by atoms with Crippen molar-refractivity contribution in [1.82, 2.24) is 0 Å². The van der Waals surface area contributed by atoms with Gasteiger partial charge in [-0.1, -0.05) is 53.2 Å². The zero-order valence-corrected chi connectivity index (χ0v) is 9.72. The van der Waals surface area contributed by atoms with Gasteiger partial charge >= 0.3 is 0 Å². The van der Waals surface area contributed by atoms with Crippen LogP contribution in [-0.2, 0) is 0 Å². The molecule has 0 fully saturated rings. The lowest BCUT2D eigenvalue weighted by atomic mass is 9.91. The Labute approximate surface area is 79.1 Å². The Hall–Kier alpha value is -0.260. The van der Waals surface area contributed by atoms with Gasteiger partial charge in [-0.2, -0.15) is 0 Å². The van der Waals surface area contributed by atoms with Crippen molar-refractivity contribution < 1.29 is 0 Å². The summed E-state index contributed by atoms with van der Waals surface area (Å²) in [6.07, 6.45) is 7.13. The zero-order chi connectivity index (χ0) is 9.98. The summed E-state index contributed by atoms with van der Waals surface area (Å²) < 4.78 is 0. The van der Waals surface area contributed by atoms with Gasteiger partial charge in [-0.15, -0.1) is 0 Å². The van der Waals surface area contributed by atoms with E-state index in [1.165, 1.54) is 12.8 Å². The highest BCUT2D eigenvalue weighted by atomic mass is 14.1. The van der Waals surface area contributed by atoms with Crippen LogP contribution in [-0.4, -0.2) is 0 Å². The van der Waals surface area contributed by atoms with Crippen molar-refractivity contribution in [2.24, 2.45) is 11.8 Å². The van der Waals surface area contributed by atoms with Crippen molar-refractivity contribution in [3.8, 4) is 0 Å². The standard InChI is InChI=1S/C10H20.C2H6/c1-5-7-10(8-6-2)9(3)4;1-2/h5,7,9-10H,6,8H2,1-4H3;1-2H3/b7-5-;. The highest BCUT2D eigenvalue weighted by molar-refractivity contribution is 4.86. The summed E-state index contributed by atoms with van der Waals surface area (Å²) in [7, 11) is 0. The van der Waals surface area contributed by atoms with E-state index < -0.39 is 0 Å². The molecule has 0 bridgehead atoms. The zero-order valence-electron chi connectivity index (χ0n) is 9.72. The van der Waals surface area contributed by atoms with Gasteiger partial charge in [-0.25, -0.2) is 0 Å². The van der Waals surface area contributed by atoms with Crippen molar-refractivity contribution in [2.75, 3.05) is 0 Å². The van der Waals surface area contributed by atoms with Gasteiger partial charge in [0, 0.05) is 0 Å². The van der Waals surface area contributed by atoms with Crippen LogP contribution in [0.1, 0.15) is 54.4 Å². The monoisotopic (exact) mass is 170 g/mol. The van der Waals surface area contributed by atoms with Gasteiger partial charge in [0.15, 0.2) is 0 Å². The molecule has 0 aromatic heterocycles. The molecular formula is C12H26. The smallest absolute Gasteiger partial charge is 0.0211 e. The molecule has 0 aliphatic rings. The van der Waals surface area contributed by atoms with Gasteiger partial charge in [0.2, 0.25) is 0 Å². The molecule has 0 aromatic rings. The SMILES string of the molecule is C/C=C\C(CCC)C(C)C.CC. The first-order chi connectivity index (χ1) is 5.72. The second kappa shape index (κ2) is 10.7. The molecule has 0 heterocycles. The maximum atomic E-state index is 2.33. The maximum Gasteiger partial charge on any atom is -0.0211 e. The van der Waals surface area contributed by atoms with Crippen LogP contribution in [0, 0.1) is 11.8 Å². The van der Waals surface area contributed by atoms with E-state index in [0.717, 1.165) is 11.8 Å². The molecule has 0 amide bonds. The fourth-order valence-corrected chi connectivity index (χ4v) is 1.23. The Kier molecular flexibility index (Phi) is 12.8. The molecule has 12 heavy (non-hydrogen) atoms. The normalized spacial score (nSPS) is 12.9. The number of hydrogen-bond acceptors (Lipinski definition) is 0. The lowest BCUT2D eigenvalue weighted by molar-refractivity contribution is 0.432. The number of allylic oxidation sites excluding steroid dienone is 2. The minimum atomic E-state index is 0.801. The van der Waals surface area contributed by atoms with Gasteiger partial charge in [-0.3, -0.25) is 0 Å². The van der Waals surface area contributed by atoms with Gasteiger partial charge in [0.1, 0.15) is 0 Å². The van der Waals surface area contributed by atoms with E-state index >= 15 is 0 Å². The molecule has 0 saturated carbocycles. The molecule has 0 heteroatoms. The molecule has 0 aromatic carbocycles. The second-order valence-electron chi connectivity index (χ2n) is 3.22. The van der Waals surface area contributed by atoms with E-state index in [1.54, 1.807) is 0 Å². The van der Waals surface area contributed by atoms with Crippen molar-refractivity contribution in [1.29, 1.82) is 0 Å². The minimum absolute atomic E-state index is 0.801. The lowest BCUT2D eigenvalue weighted by Crippen LogP contribution is -2.04.